The number of H-pyrrole nitrogens is 1. The summed E-state index contributed by atoms with van der Waals surface area (Å²) in [4.78, 5) is 32.7. The number of benzene rings is 1. The average molecular weight is 409 g/mol. The molecule has 150 valence electrons. The Morgan fingerprint density at radius 1 is 1.14 bits per heavy atom. The number of nitrogens with one attached hydrogen (secondary N) is 2. The molecular weight excluding hydrogens is 384 g/mol. The maximum atomic E-state index is 12.8. The zero-order valence-corrected chi connectivity index (χ0v) is 17.0. The number of aromatic nitrogens is 3. The topological polar surface area (TPSA) is 79.8 Å². The van der Waals surface area contributed by atoms with E-state index in [1.807, 2.05) is 42.5 Å². The first-order chi connectivity index (χ1) is 14.1. The molecule has 2 heterocycles. The predicted molar refractivity (Wildman–Crippen MR) is 115 cm³/mol. The van der Waals surface area contributed by atoms with Gasteiger partial charge in [-0.15, -0.1) is 0 Å². The van der Waals surface area contributed by atoms with Gasteiger partial charge >= 0.3 is 0 Å². The third-order valence-electron chi connectivity index (χ3n) is 5.72. The third-order valence-corrected chi connectivity index (χ3v) is 6.04. The molecule has 0 radical (unpaired) electrons. The molecule has 1 saturated carbocycles. The van der Waals surface area contributed by atoms with E-state index in [0.29, 0.717) is 29.2 Å². The van der Waals surface area contributed by atoms with E-state index >= 15 is 0 Å². The van der Waals surface area contributed by atoms with Gasteiger partial charge in [0.1, 0.15) is 0 Å². The molecule has 0 saturated heterocycles. The molecular formula is C22H24N4O2S. The van der Waals surface area contributed by atoms with Gasteiger partial charge in [-0.1, -0.05) is 18.2 Å². The summed E-state index contributed by atoms with van der Waals surface area (Å²) in [5.41, 5.74) is 1.59. The summed E-state index contributed by atoms with van der Waals surface area (Å²) >= 11 is 5.42. The summed E-state index contributed by atoms with van der Waals surface area (Å²) in [5.74, 6) is 0.468. The van der Waals surface area contributed by atoms with Crippen LogP contribution in [0.4, 0.5) is 0 Å². The van der Waals surface area contributed by atoms with Crippen molar-refractivity contribution in [3.05, 3.63) is 69.5 Å². The molecule has 4 rings (SSSR count). The minimum Gasteiger partial charge on any atom is -0.350 e. The number of fused-ring (bicyclic) bond motifs is 1. The van der Waals surface area contributed by atoms with Crippen LogP contribution in [0.25, 0.3) is 10.9 Å². The van der Waals surface area contributed by atoms with Crippen molar-refractivity contribution in [3.63, 3.8) is 0 Å². The van der Waals surface area contributed by atoms with Gasteiger partial charge in [-0.25, -0.2) is 0 Å². The van der Waals surface area contributed by atoms with Crippen molar-refractivity contribution < 1.29 is 4.79 Å². The number of amides is 1. The highest BCUT2D eigenvalue weighted by Crippen LogP contribution is 2.30. The molecule has 2 aromatic heterocycles. The maximum absolute atomic E-state index is 12.8. The fourth-order valence-electron chi connectivity index (χ4n) is 4.05. The van der Waals surface area contributed by atoms with Crippen LogP contribution in [0, 0.1) is 16.6 Å². The summed E-state index contributed by atoms with van der Waals surface area (Å²) < 4.78 is 2.13. The Labute approximate surface area is 174 Å². The van der Waals surface area contributed by atoms with E-state index in [4.69, 9.17) is 12.2 Å². The average Bonchev–Trinajstić information content (AvgIpc) is 2.76. The van der Waals surface area contributed by atoms with Crippen molar-refractivity contribution in [2.45, 2.75) is 38.8 Å². The molecule has 0 spiro atoms. The van der Waals surface area contributed by atoms with Crippen molar-refractivity contribution in [2.75, 3.05) is 0 Å². The van der Waals surface area contributed by atoms with E-state index in [0.717, 1.165) is 36.9 Å². The van der Waals surface area contributed by atoms with E-state index in [2.05, 4.69) is 15.3 Å². The monoisotopic (exact) mass is 408 g/mol. The van der Waals surface area contributed by atoms with Crippen molar-refractivity contribution in [2.24, 2.45) is 11.8 Å². The summed E-state index contributed by atoms with van der Waals surface area (Å²) in [5, 5.41) is 3.65. The largest absolute Gasteiger partial charge is 0.350 e. The lowest BCUT2D eigenvalue weighted by Gasteiger charge is -2.28. The second kappa shape index (κ2) is 8.69. The standard InChI is InChI=1S/C22H24N4O2S/c27-20(24-13-17-5-3-4-12-23-17)16-10-8-15(9-11-16)14-26-21(28)18-6-1-2-7-19(18)25-22(26)29/h1-7,12,15-16H,8-11,13-14H2,(H,24,27)(H,25,29). The number of pyridine rings is 1. The highest BCUT2D eigenvalue weighted by Gasteiger charge is 2.26. The Kier molecular flexibility index (Phi) is 5.85. The van der Waals surface area contributed by atoms with Crippen LogP contribution in [-0.2, 0) is 17.9 Å². The van der Waals surface area contributed by atoms with Crippen LogP contribution in [0.15, 0.2) is 53.5 Å². The molecule has 6 nitrogen and oxygen atoms in total. The van der Waals surface area contributed by atoms with Gasteiger partial charge in [0.15, 0.2) is 4.77 Å². The smallest absolute Gasteiger partial charge is 0.262 e. The molecule has 1 fully saturated rings. The minimum atomic E-state index is -0.0421. The number of carbonyl (C=O) groups is 1. The van der Waals surface area contributed by atoms with Crippen LogP contribution in [0.5, 0.6) is 0 Å². The van der Waals surface area contributed by atoms with Crippen molar-refractivity contribution >= 4 is 29.0 Å². The van der Waals surface area contributed by atoms with Crippen molar-refractivity contribution in [1.82, 2.24) is 19.9 Å². The number of aromatic amines is 1. The number of carbonyl (C=O) groups excluding carboxylic acids is 1. The Hall–Kier alpha value is -2.80. The van der Waals surface area contributed by atoms with Crippen LogP contribution in [-0.4, -0.2) is 20.4 Å². The Balaban J connectivity index is 1.36. The van der Waals surface area contributed by atoms with Crippen molar-refractivity contribution in [1.29, 1.82) is 0 Å². The maximum Gasteiger partial charge on any atom is 0.262 e. The lowest BCUT2D eigenvalue weighted by molar-refractivity contribution is -0.126. The SMILES string of the molecule is O=C(NCc1ccccn1)C1CCC(Cn2c(=S)[nH]c3ccccc3c2=O)CC1. The second-order valence-corrected chi connectivity index (χ2v) is 8.03. The summed E-state index contributed by atoms with van der Waals surface area (Å²) in [6.07, 6.45) is 5.22. The first kappa shape index (κ1) is 19.5. The Morgan fingerprint density at radius 3 is 2.66 bits per heavy atom. The van der Waals surface area contributed by atoms with E-state index in [9.17, 15) is 9.59 Å². The van der Waals surface area contributed by atoms with E-state index in [-0.39, 0.29) is 17.4 Å². The van der Waals surface area contributed by atoms with E-state index < -0.39 is 0 Å². The van der Waals surface area contributed by atoms with Gasteiger partial charge in [-0.3, -0.25) is 19.1 Å². The number of hydrogen-bond donors (Lipinski definition) is 2. The molecule has 0 unspecified atom stereocenters. The fraction of sp³-hybridized carbons (Fsp3) is 0.364. The van der Waals surface area contributed by atoms with E-state index in [1.165, 1.54) is 0 Å². The Bertz CT molecular complexity index is 1110. The van der Waals surface area contributed by atoms with Gasteiger partial charge < -0.3 is 10.3 Å². The van der Waals surface area contributed by atoms with Crippen LogP contribution in [0.1, 0.15) is 31.4 Å². The molecule has 3 aromatic rings. The highest BCUT2D eigenvalue weighted by atomic mass is 32.1. The van der Waals surface area contributed by atoms with Crippen LogP contribution < -0.4 is 10.9 Å². The zero-order chi connectivity index (χ0) is 20.2. The van der Waals surface area contributed by atoms with Crippen molar-refractivity contribution in [3.8, 4) is 0 Å². The number of hydrogen-bond acceptors (Lipinski definition) is 4. The molecule has 1 aromatic carbocycles. The first-order valence-electron chi connectivity index (χ1n) is 10.0. The number of rotatable bonds is 5. The number of para-hydroxylation sites is 1. The minimum absolute atomic E-state index is 0.0258. The summed E-state index contributed by atoms with van der Waals surface area (Å²) in [7, 11) is 0. The molecule has 1 aliphatic rings. The van der Waals surface area contributed by atoms with E-state index in [1.54, 1.807) is 10.8 Å². The van der Waals surface area contributed by atoms with Gasteiger partial charge in [-0.2, -0.15) is 0 Å². The Morgan fingerprint density at radius 2 is 1.90 bits per heavy atom. The van der Waals surface area contributed by atoms with Gasteiger partial charge in [0.2, 0.25) is 5.91 Å². The normalized spacial score (nSPS) is 19.2. The number of nitrogens with zero attached hydrogens (tertiary/aromatic N) is 2. The molecule has 0 aliphatic heterocycles. The zero-order valence-electron chi connectivity index (χ0n) is 16.1. The van der Waals surface area contributed by atoms with Crippen LogP contribution in [0.2, 0.25) is 0 Å². The molecule has 0 bridgehead atoms. The van der Waals surface area contributed by atoms with Gasteiger partial charge in [0.05, 0.1) is 23.1 Å². The summed E-state index contributed by atoms with van der Waals surface area (Å²) in [6.45, 7) is 1.06. The van der Waals surface area contributed by atoms with Gasteiger partial charge in [-0.05, 0) is 68.1 Å². The van der Waals surface area contributed by atoms with Gasteiger partial charge in [0, 0.05) is 18.7 Å². The first-order valence-corrected chi connectivity index (χ1v) is 10.4. The molecule has 2 N–H and O–H groups in total. The van der Waals surface area contributed by atoms with Gasteiger partial charge in [0.25, 0.3) is 5.56 Å². The molecule has 7 heteroatoms. The fourth-order valence-corrected chi connectivity index (χ4v) is 4.32. The van der Waals surface area contributed by atoms with Crippen LogP contribution in [0.3, 0.4) is 0 Å². The lowest BCUT2D eigenvalue weighted by Crippen LogP contribution is -2.34. The highest BCUT2D eigenvalue weighted by molar-refractivity contribution is 7.71. The molecule has 1 amide bonds. The predicted octanol–water partition coefficient (Wildman–Crippen LogP) is 3.58. The molecule has 1 aliphatic carbocycles. The third kappa shape index (κ3) is 4.45. The van der Waals surface area contributed by atoms with Crippen LogP contribution >= 0.6 is 12.2 Å². The second-order valence-electron chi connectivity index (χ2n) is 7.65. The molecule has 0 atom stereocenters. The quantitative estimate of drug-likeness (QED) is 0.633. The molecule has 29 heavy (non-hydrogen) atoms. The summed E-state index contributed by atoms with van der Waals surface area (Å²) in [6, 6.07) is 13.1. The lowest BCUT2D eigenvalue weighted by atomic mass is 9.81.